The number of nitriles is 1. The van der Waals surface area contributed by atoms with Crippen LogP contribution in [0.15, 0.2) is 60.7 Å². The molecule has 2 aromatic rings. The van der Waals surface area contributed by atoms with E-state index in [1.165, 1.54) is 0 Å². The summed E-state index contributed by atoms with van der Waals surface area (Å²) in [6, 6.07) is 21.1. The molecule has 0 radical (unpaired) electrons. The predicted molar refractivity (Wildman–Crippen MR) is 84.0 cm³/mol. The summed E-state index contributed by atoms with van der Waals surface area (Å²) in [4.78, 5) is 14.0. The van der Waals surface area contributed by atoms with Gasteiger partial charge in [-0.05, 0) is 24.3 Å². The maximum Gasteiger partial charge on any atom is 0.246 e. The molecule has 0 aliphatic heterocycles. The molecule has 0 bridgehead atoms. The number of anilines is 2. The van der Waals surface area contributed by atoms with Crippen molar-refractivity contribution in [3.05, 3.63) is 60.7 Å². The number of rotatable bonds is 6. The first kappa shape index (κ1) is 14.6. The Morgan fingerprint density at radius 1 is 1.05 bits per heavy atom. The molecular weight excluding hydrogens is 262 g/mol. The molecule has 0 atom stereocenters. The van der Waals surface area contributed by atoms with E-state index in [0.29, 0.717) is 13.0 Å². The van der Waals surface area contributed by atoms with Crippen molar-refractivity contribution in [2.24, 2.45) is 0 Å². The van der Waals surface area contributed by atoms with Crippen LogP contribution in [0.3, 0.4) is 0 Å². The smallest absolute Gasteiger partial charge is 0.246 e. The molecule has 21 heavy (non-hydrogen) atoms. The standard InChI is InChI=1S/C17H17N3O/c18-12-7-13-20(16-10-5-2-6-11-16)17(21)14-19-15-8-3-1-4-9-15/h1-6,8-11,19H,7,13-14H2. The third-order valence-corrected chi connectivity index (χ3v) is 3.03. The summed E-state index contributed by atoms with van der Waals surface area (Å²) in [5.74, 6) is -0.0553. The minimum atomic E-state index is -0.0553. The highest BCUT2D eigenvalue weighted by Crippen LogP contribution is 2.14. The van der Waals surface area contributed by atoms with Crippen molar-refractivity contribution in [3.63, 3.8) is 0 Å². The first-order chi connectivity index (χ1) is 10.3. The van der Waals surface area contributed by atoms with Crippen LogP contribution in [0.4, 0.5) is 11.4 Å². The van der Waals surface area contributed by atoms with Crippen molar-refractivity contribution >= 4 is 17.3 Å². The second-order valence-corrected chi connectivity index (χ2v) is 4.51. The maximum atomic E-state index is 12.4. The zero-order valence-electron chi connectivity index (χ0n) is 11.7. The average molecular weight is 279 g/mol. The molecule has 0 aromatic heterocycles. The lowest BCUT2D eigenvalue weighted by Crippen LogP contribution is -2.36. The fraction of sp³-hybridized carbons (Fsp3) is 0.176. The van der Waals surface area contributed by atoms with Gasteiger partial charge in [0.1, 0.15) is 0 Å². The Labute approximate surface area is 124 Å². The molecule has 0 spiro atoms. The Hall–Kier alpha value is -2.80. The van der Waals surface area contributed by atoms with E-state index in [-0.39, 0.29) is 12.5 Å². The van der Waals surface area contributed by atoms with E-state index in [1.54, 1.807) is 4.90 Å². The van der Waals surface area contributed by atoms with Crippen LogP contribution in [-0.2, 0) is 4.79 Å². The lowest BCUT2D eigenvalue weighted by atomic mass is 10.2. The van der Waals surface area contributed by atoms with Gasteiger partial charge in [0.05, 0.1) is 19.0 Å². The Bertz CT molecular complexity index is 605. The molecule has 106 valence electrons. The van der Waals surface area contributed by atoms with Gasteiger partial charge in [-0.2, -0.15) is 5.26 Å². The van der Waals surface area contributed by atoms with Crippen molar-refractivity contribution in [1.82, 2.24) is 0 Å². The molecule has 2 aromatic carbocycles. The summed E-state index contributed by atoms with van der Waals surface area (Å²) >= 11 is 0. The number of nitrogens with one attached hydrogen (secondary N) is 1. The lowest BCUT2D eigenvalue weighted by Gasteiger charge is -2.22. The molecule has 4 nitrogen and oxygen atoms in total. The van der Waals surface area contributed by atoms with Crippen LogP contribution >= 0.6 is 0 Å². The molecular formula is C17H17N3O. The highest BCUT2D eigenvalue weighted by molar-refractivity contribution is 5.96. The maximum absolute atomic E-state index is 12.4. The van der Waals surface area contributed by atoms with E-state index >= 15 is 0 Å². The molecule has 4 heteroatoms. The number of carbonyl (C=O) groups is 1. The number of hydrogen-bond donors (Lipinski definition) is 1. The quantitative estimate of drug-likeness (QED) is 0.884. The van der Waals surface area contributed by atoms with E-state index in [4.69, 9.17) is 5.26 Å². The summed E-state index contributed by atoms with van der Waals surface area (Å²) in [6.45, 7) is 0.597. The van der Waals surface area contributed by atoms with Crippen LogP contribution in [0.5, 0.6) is 0 Å². The summed E-state index contributed by atoms with van der Waals surface area (Å²) in [5.41, 5.74) is 1.71. The number of amides is 1. The van der Waals surface area contributed by atoms with E-state index in [2.05, 4.69) is 11.4 Å². The molecule has 2 rings (SSSR count). The zero-order chi connectivity index (χ0) is 14.9. The summed E-state index contributed by atoms with van der Waals surface area (Å²) in [5, 5.41) is 11.8. The minimum absolute atomic E-state index is 0.0553. The van der Waals surface area contributed by atoms with Gasteiger partial charge in [0.25, 0.3) is 0 Å². The van der Waals surface area contributed by atoms with Crippen molar-refractivity contribution in [1.29, 1.82) is 5.26 Å². The van der Waals surface area contributed by atoms with Gasteiger partial charge in [-0.1, -0.05) is 36.4 Å². The Balaban J connectivity index is 2.03. The predicted octanol–water partition coefficient (Wildman–Crippen LogP) is 3.05. The van der Waals surface area contributed by atoms with E-state index in [1.807, 2.05) is 60.7 Å². The SMILES string of the molecule is N#CCCN(C(=O)CNc1ccccc1)c1ccccc1. The number of para-hydroxylation sites is 2. The van der Waals surface area contributed by atoms with Gasteiger partial charge in [0, 0.05) is 17.9 Å². The van der Waals surface area contributed by atoms with Crippen molar-refractivity contribution < 1.29 is 4.79 Å². The third-order valence-electron chi connectivity index (χ3n) is 3.03. The van der Waals surface area contributed by atoms with Crippen LogP contribution in [0, 0.1) is 11.3 Å². The summed E-state index contributed by atoms with van der Waals surface area (Å²) < 4.78 is 0. The normalized spacial score (nSPS) is 9.67. The van der Waals surface area contributed by atoms with Crippen LogP contribution in [0.25, 0.3) is 0 Å². The summed E-state index contributed by atoms with van der Waals surface area (Å²) in [6.07, 6.45) is 0.311. The van der Waals surface area contributed by atoms with Crippen LogP contribution < -0.4 is 10.2 Å². The fourth-order valence-electron chi connectivity index (χ4n) is 2.00. The van der Waals surface area contributed by atoms with Crippen molar-refractivity contribution in [3.8, 4) is 6.07 Å². The van der Waals surface area contributed by atoms with Crippen molar-refractivity contribution in [2.75, 3.05) is 23.3 Å². The first-order valence-electron chi connectivity index (χ1n) is 6.82. The second-order valence-electron chi connectivity index (χ2n) is 4.51. The van der Waals surface area contributed by atoms with Crippen molar-refractivity contribution in [2.45, 2.75) is 6.42 Å². The Morgan fingerprint density at radius 2 is 1.67 bits per heavy atom. The zero-order valence-corrected chi connectivity index (χ0v) is 11.7. The fourth-order valence-corrected chi connectivity index (χ4v) is 2.00. The first-order valence-corrected chi connectivity index (χ1v) is 6.82. The largest absolute Gasteiger partial charge is 0.376 e. The molecule has 0 fully saturated rings. The lowest BCUT2D eigenvalue weighted by molar-refractivity contribution is -0.117. The van der Waals surface area contributed by atoms with Gasteiger partial charge in [-0.15, -0.1) is 0 Å². The van der Waals surface area contributed by atoms with Gasteiger partial charge >= 0.3 is 0 Å². The number of nitrogens with zero attached hydrogens (tertiary/aromatic N) is 2. The molecule has 0 aliphatic rings. The average Bonchev–Trinajstić information content (AvgIpc) is 2.55. The van der Waals surface area contributed by atoms with E-state index < -0.39 is 0 Å². The number of hydrogen-bond acceptors (Lipinski definition) is 3. The Morgan fingerprint density at radius 3 is 2.29 bits per heavy atom. The van der Waals surface area contributed by atoms with E-state index in [9.17, 15) is 4.79 Å². The highest BCUT2D eigenvalue weighted by atomic mass is 16.2. The van der Waals surface area contributed by atoms with Gasteiger partial charge in [0.2, 0.25) is 5.91 Å². The van der Waals surface area contributed by atoms with Gasteiger partial charge < -0.3 is 10.2 Å². The van der Waals surface area contributed by atoms with Crippen LogP contribution in [0.1, 0.15) is 6.42 Å². The molecule has 0 aliphatic carbocycles. The van der Waals surface area contributed by atoms with Gasteiger partial charge in [-0.25, -0.2) is 0 Å². The minimum Gasteiger partial charge on any atom is -0.376 e. The number of carbonyl (C=O) groups excluding carboxylic acids is 1. The summed E-state index contributed by atoms with van der Waals surface area (Å²) in [7, 11) is 0. The second kappa shape index (κ2) is 7.71. The van der Waals surface area contributed by atoms with Gasteiger partial charge in [-0.3, -0.25) is 4.79 Å². The third kappa shape index (κ3) is 4.36. The molecule has 0 heterocycles. The van der Waals surface area contributed by atoms with Crippen LogP contribution in [-0.4, -0.2) is 19.0 Å². The molecule has 0 unspecified atom stereocenters. The monoisotopic (exact) mass is 279 g/mol. The molecule has 0 saturated carbocycles. The van der Waals surface area contributed by atoms with E-state index in [0.717, 1.165) is 11.4 Å². The topological polar surface area (TPSA) is 56.1 Å². The number of benzene rings is 2. The molecule has 1 amide bonds. The van der Waals surface area contributed by atoms with Crippen LogP contribution in [0.2, 0.25) is 0 Å². The Kier molecular flexibility index (Phi) is 5.36. The molecule has 0 saturated heterocycles. The molecule has 1 N–H and O–H groups in total. The highest BCUT2D eigenvalue weighted by Gasteiger charge is 2.14. The van der Waals surface area contributed by atoms with Gasteiger partial charge in [0.15, 0.2) is 0 Å².